The van der Waals surface area contributed by atoms with Crippen LogP contribution in [0, 0.1) is 34.6 Å². The summed E-state index contributed by atoms with van der Waals surface area (Å²) in [5.74, 6) is -0.0780. The summed E-state index contributed by atoms with van der Waals surface area (Å²) in [5.41, 5.74) is 12.1. The molecule has 5 rings (SSSR count). The van der Waals surface area contributed by atoms with E-state index in [4.69, 9.17) is 0 Å². The number of nitrogens with one attached hydrogen (secondary N) is 3. The molecule has 8 heteroatoms. The minimum absolute atomic E-state index is 0.0780. The molecule has 0 unspecified atom stereocenters. The lowest BCUT2D eigenvalue weighted by atomic mass is 9.95. The number of rotatable bonds is 6. The van der Waals surface area contributed by atoms with E-state index in [9.17, 15) is 9.59 Å². The van der Waals surface area contributed by atoms with Gasteiger partial charge in [-0.1, -0.05) is 35.4 Å². The van der Waals surface area contributed by atoms with Gasteiger partial charge in [0.15, 0.2) is 0 Å². The van der Waals surface area contributed by atoms with E-state index < -0.39 is 6.03 Å². The molecule has 0 saturated heterocycles. The van der Waals surface area contributed by atoms with Crippen LogP contribution < -0.4 is 16.1 Å². The van der Waals surface area contributed by atoms with Gasteiger partial charge in [0.2, 0.25) is 0 Å². The maximum Gasteiger partial charge on any atom is 0.339 e. The van der Waals surface area contributed by atoms with E-state index in [0.717, 1.165) is 81.3 Å². The molecular weight excluding hydrogens is 518 g/mol. The molecule has 0 spiro atoms. The van der Waals surface area contributed by atoms with Crippen LogP contribution >= 0.6 is 11.3 Å². The zero-order valence-electron chi connectivity index (χ0n) is 23.6. The fraction of sp³-hybridized carbons (Fsp3) is 0.281. The number of hydrogen-bond acceptors (Lipinski definition) is 4. The number of amides is 3. The Morgan fingerprint density at radius 1 is 0.900 bits per heavy atom. The molecule has 3 amide bonds. The van der Waals surface area contributed by atoms with Crippen molar-refractivity contribution in [1.29, 1.82) is 0 Å². The number of aryl methyl sites for hydroxylation is 5. The molecule has 3 N–H and O–H groups in total. The normalized spacial score (nSPS) is 12.8. The topological polar surface area (TPSA) is 87.5 Å². The SMILES string of the molecule is Cc1ccc(NC(=O)c2c(-n3c(C)cc(/C=N/NC(=O)Nc4ccc(C)cc4C)c3C)sc3c2CCCC3)cc1. The molecule has 2 heterocycles. The van der Waals surface area contributed by atoms with E-state index in [1.807, 2.05) is 83.1 Å². The smallest absolute Gasteiger partial charge is 0.322 e. The van der Waals surface area contributed by atoms with E-state index in [2.05, 4.69) is 25.7 Å². The van der Waals surface area contributed by atoms with E-state index >= 15 is 0 Å². The summed E-state index contributed by atoms with van der Waals surface area (Å²) < 4.78 is 2.14. The Morgan fingerprint density at radius 3 is 2.38 bits per heavy atom. The third-order valence-corrected chi connectivity index (χ3v) is 8.64. The van der Waals surface area contributed by atoms with Gasteiger partial charge in [0.05, 0.1) is 11.8 Å². The van der Waals surface area contributed by atoms with E-state index in [1.54, 1.807) is 17.6 Å². The van der Waals surface area contributed by atoms with Gasteiger partial charge < -0.3 is 15.2 Å². The first kappa shape index (κ1) is 27.4. The molecule has 206 valence electrons. The van der Waals surface area contributed by atoms with Gasteiger partial charge >= 0.3 is 6.03 Å². The van der Waals surface area contributed by atoms with Gasteiger partial charge in [-0.15, -0.1) is 11.3 Å². The molecule has 7 nitrogen and oxygen atoms in total. The Balaban J connectivity index is 1.40. The zero-order chi connectivity index (χ0) is 28.4. The quantitative estimate of drug-likeness (QED) is 0.172. The largest absolute Gasteiger partial charge is 0.339 e. The number of fused-ring (bicyclic) bond motifs is 1. The number of hydrazone groups is 1. The molecule has 2 aromatic heterocycles. The first-order valence-electron chi connectivity index (χ1n) is 13.6. The summed E-state index contributed by atoms with van der Waals surface area (Å²) in [5, 5.41) is 11.1. The maximum absolute atomic E-state index is 13.7. The van der Waals surface area contributed by atoms with Crippen molar-refractivity contribution < 1.29 is 9.59 Å². The number of nitrogens with zero attached hydrogens (tertiary/aromatic N) is 2. The Hall–Kier alpha value is -4.17. The summed E-state index contributed by atoms with van der Waals surface area (Å²) in [7, 11) is 0. The number of hydrogen-bond donors (Lipinski definition) is 3. The average Bonchev–Trinajstić information content (AvgIpc) is 3.43. The van der Waals surface area contributed by atoms with Gasteiger partial charge in [0.25, 0.3) is 5.91 Å². The Labute approximate surface area is 239 Å². The third-order valence-electron chi connectivity index (χ3n) is 7.36. The molecule has 0 aliphatic heterocycles. The summed E-state index contributed by atoms with van der Waals surface area (Å²) in [4.78, 5) is 27.4. The number of thiophene rings is 1. The highest BCUT2D eigenvalue weighted by Crippen LogP contribution is 2.39. The highest BCUT2D eigenvalue weighted by molar-refractivity contribution is 7.15. The molecule has 0 atom stereocenters. The molecule has 0 fully saturated rings. The minimum Gasteiger partial charge on any atom is -0.322 e. The van der Waals surface area contributed by atoms with Crippen LogP contribution in [0.5, 0.6) is 0 Å². The van der Waals surface area contributed by atoms with Crippen molar-refractivity contribution >= 4 is 40.9 Å². The standard InChI is InChI=1S/C32H35N5O2S/c1-19-10-13-25(14-11-19)34-30(38)29-26-8-6-7-9-28(26)40-31(29)37-22(4)17-24(23(37)5)18-33-36-32(39)35-27-15-12-20(2)16-21(27)3/h10-18H,6-9H2,1-5H3,(H,34,38)(H2,35,36,39)/b33-18+. The maximum atomic E-state index is 13.7. The van der Waals surface area contributed by atoms with Crippen LogP contribution in [0.25, 0.3) is 5.00 Å². The highest BCUT2D eigenvalue weighted by Gasteiger charge is 2.28. The van der Waals surface area contributed by atoms with E-state index in [1.165, 1.54) is 10.4 Å². The summed E-state index contributed by atoms with van der Waals surface area (Å²) in [6.07, 6.45) is 5.79. The molecular formula is C32H35N5O2S. The van der Waals surface area contributed by atoms with Gasteiger partial charge in [0.1, 0.15) is 5.00 Å². The van der Waals surface area contributed by atoms with Crippen molar-refractivity contribution in [3.05, 3.63) is 98.2 Å². The summed E-state index contributed by atoms with van der Waals surface area (Å²) >= 11 is 1.71. The predicted octanol–water partition coefficient (Wildman–Crippen LogP) is 7.37. The second kappa shape index (κ2) is 11.5. The lowest BCUT2D eigenvalue weighted by Crippen LogP contribution is -2.24. The van der Waals surface area contributed by atoms with E-state index in [-0.39, 0.29) is 5.91 Å². The highest BCUT2D eigenvalue weighted by atomic mass is 32.1. The predicted molar refractivity (Wildman–Crippen MR) is 165 cm³/mol. The molecule has 0 bridgehead atoms. The second-order valence-electron chi connectivity index (χ2n) is 10.5. The first-order valence-corrected chi connectivity index (χ1v) is 14.4. The zero-order valence-corrected chi connectivity index (χ0v) is 24.5. The van der Waals surface area contributed by atoms with E-state index in [0.29, 0.717) is 0 Å². The Morgan fingerprint density at radius 2 is 1.62 bits per heavy atom. The molecule has 1 aliphatic carbocycles. The second-order valence-corrected chi connectivity index (χ2v) is 11.6. The van der Waals surface area contributed by atoms with Crippen LogP contribution in [0.3, 0.4) is 0 Å². The first-order chi connectivity index (χ1) is 19.2. The molecule has 0 radical (unpaired) electrons. The van der Waals surface area contributed by atoms with Crippen LogP contribution in [0.2, 0.25) is 0 Å². The fourth-order valence-electron chi connectivity index (χ4n) is 5.27. The van der Waals surface area contributed by atoms with Gasteiger partial charge in [0, 0.05) is 33.2 Å². The Kier molecular flexibility index (Phi) is 7.89. The number of aromatic nitrogens is 1. The number of carbonyl (C=O) groups is 2. The minimum atomic E-state index is -0.405. The van der Waals surface area contributed by atoms with Gasteiger partial charge in [-0.05, 0) is 95.7 Å². The molecule has 4 aromatic rings. The summed E-state index contributed by atoms with van der Waals surface area (Å²) in [6, 6.07) is 15.4. The Bertz CT molecular complexity index is 1610. The third kappa shape index (κ3) is 5.72. The lowest BCUT2D eigenvalue weighted by molar-refractivity contribution is 0.102. The molecule has 1 aliphatic rings. The molecule has 40 heavy (non-hydrogen) atoms. The fourth-order valence-corrected chi connectivity index (χ4v) is 6.77. The van der Waals surface area contributed by atoms with Crippen molar-refractivity contribution in [2.75, 3.05) is 10.6 Å². The average molecular weight is 554 g/mol. The van der Waals surface area contributed by atoms with Crippen LogP contribution in [-0.2, 0) is 12.8 Å². The van der Waals surface area contributed by atoms with Gasteiger partial charge in [-0.25, -0.2) is 10.2 Å². The molecule has 2 aromatic carbocycles. The number of anilines is 2. The van der Waals surface area contributed by atoms with Crippen LogP contribution in [0.1, 0.15) is 67.3 Å². The van der Waals surface area contributed by atoms with Crippen molar-refractivity contribution in [3.8, 4) is 5.00 Å². The lowest BCUT2D eigenvalue weighted by Gasteiger charge is -2.14. The van der Waals surface area contributed by atoms with Gasteiger partial charge in [-0.3, -0.25) is 4.79 Å². The number of urea groups is 1. The summed E-state index contributed by atoms with van der Waals surface area (Å²) in [6.45, 7) is 10.1. The van der Waals surface area contributed by atoms with Crippen molar-refractivity contribution in [2.24, 2.45) is 5.10 Å². The van der Waals surface area contributed by atoms with Gasteiger partial charge in [-0.2, -0.15) is 5.10 Å². The molecule has 0 saturated carbocycles. The van der Waals surface area contributed by atoms with Crippen LogP contribution in [-0.4, -0.2) is 22.7 Å². The number of carbonyl (C=O) groups excluding carboxylic acids is 2. The number of benzene rings is 2. The van der Waals surface area contributed by atoms with Crippen LogP contribution in [0.15, 0.2) is 53.6 Å². The monoisotopic (exact) mass is 553 g/mol. The van der Waals surface area contributed by atoms with Crippen molar-refractivity contribution in [1.82, 2.24) is 9.99 Å². The van der Waals surface area contributed by atoms with Crippen molar-refractivity contribution in [2.45, 2.75) is 60.3 Å². The van der Waals surface area contributed by atoms with Crippen LogP contribution in [0.4, 0.5) is 16.2 Å². The van der Waals surface area contributed by atoms with Crippen molar-refractivity contribution in [3.63, 3.8) is 0 Å².